The smallest absolute Gasteiger partial charge is 0.247 e. The van der Waals surface area contributed by atoms with Crippen molar-refractivity contribution in [2.75, 3.05) is 19.4 Å². The standard InChI is InChI=1S/C18H23O4P/c1-18(2,14-4-8-16(20)9-5-14)15-6-10-17(11-7-15)22-23(3,21)13-12-19/h4-11,19-20H,12-13H2,1-3H3. The van der Waals surface area contributed by atoms with E-state index in [2.05, 4.69) is 13.8 Å². The maximum Gasteiger partial charge on any atom is 0.247 e. The van der Waals surface area contributed by atoms with E-state index in [9.17, 15) is 9.67 Å². The van der Waals surface area contributed by atoms with Crippen LogP contribution in [0.15, 0.2) is 48.5 Å². The quantitative estimate of drug-likeness (QED) is 0.784. The van der Waals surface area contributed by atoms with Gasteiger partial charge in [-0.1, -0.05) is 38.1 Å². The number of benzene rings is 2. The van der Waals surface area contributed by atoms with E-state index in [1.54, 1.807) is 24.3 Å². The Balaban J connectivity index is 2.21. The summed E-state index contributed by atoms with van der Waals surface area (Å²) in [5.41, 5.74) is 1.95. The Kier molecular flexibility index (Phi) is 5.18. The Hall–Kier alpha value is -1.77. The van der Waals surface area contributed by atoms with Crippen molar-refractivity contribution in [2.24, 2.45) is 0 Å². The molecule has 0 heterocycles. The molecule has 2 rings (SSSR count). The summed E-state index contributed by atoms with van der Waals surface area (Å²) in [5, 5.41) is 18.3. The van der Waals surface area contributed by atoms with E-state index in [0.29, 0.717) is 5.75 Å². The van der Waals surface area contributed by atoms with Gasteiger partial charge in [-0.3, -0.25) is 4.57 Å². The van der Waals surface area contributed by atoms with Gasteiger partial charge in [0.25, 0.3) is 0 Å². The van der Waals surface area contributed by atoms with Gasteiger partial charge in [0.2, 0.25) is 7.37 Å². The summed E-state index contributed by atoms with van der Waals surface area (Å²) >= 11 is 0. The summed E-state index contributed by atoms with van der Waals surface area (Å²) in [5.74, 6) is 0.783. The van der Waals surface area contributed by atoms with E-state index in [0.717, 1.165) is 11.1 Å². The first-order chi connectivity index (χ1) is 10.7. The Morgan fingerprint density at radius 2 is 1.48 bits per heavy atom. The van der Waals surface area contributed by atoms with Gasteiger partial charge in [0, 0.05) is 12.1 Å². The fourth-order valence-electron chi connectivity index (χ4n) is 2.43. The van der Waals surface area contributed by atoms with Crippen molar-refractivity contribution in [3.05, 3.63) is 59.7 Å². The third-order valence-corrected chi connectivity index (χ3v) is 5.58. The molecule has 0 radical (unpaired) electrons. The first-order valence-corrected chi connectivity index (χ1v) is 9.77. The average molecular weight is 334 g/mol. The molecule has 0 saturated heterocycles. The predicted molar refractivity (Wildman–Crippen MR) is 92.8 cm³/mol. The van der Waals surface area contributed by atoms with Gasteiger partial charge in [0.1, 0.15) is 11.5 Å². The van der Waals surface area contributed by atoms with Crippen LogP contribution >= 0.6 is 7.37 Å². The number of hydrogen-bond acceptors (Lipinski definition) is 4. The zero-order valence-electron chi connectivity index (χ0n) is 13.7. The molecule has 2 N–H and O–H groups in total. The predicted octanol–water partition coefficient (Wildman–Crippen LogP) is 4.00. The van der Waals surface area contributed by atoms with E-state index < -0.39 is 7.37 Å². The monoisotopic (exact) mass is 334 g/mol. The van der Waals surface area contributed by atoms with Crippen LogP contribution in [0.3, 0.4) is 0 Å². The summed E-state index contributed by atoms with van der Waals surface area (Å²) < 4.78 is 17.6. The maximum atomic E-state index is 12.1. The van der Waals surface area contributed by atoms with Crippen molar-refractivity contribution in [3.8, 4) is 11.5 Å². The highest BCUT2D eigenvalue weighted by atomic mass is 31.2. The molecule has 0 bridgehead atoms. The Labute approximate surface area is 137 Å². The van der Waals surface area contributed by atoms with Crippen LogP contribution in [-0.2, 0) is 9.98 Å². The molecule has 1 unspecified atom stereocenters. The molecule has 0 aliphatic heterocycles. The number of phenols is 1. The van der Waals surface area contributed by atoms with E-state index in [1.807, 2.05) is 24.3 Å². The zero-order chi connectivity index (χ0) is 17.1. The SMILES string of the molecule is CC(C)(c1ccc(O)cc1)c1ccc(OP(C)(=O)CCO)cc1. The molecule has 0 fully saturated rings. The lowest BCUT2D eigenvalue weighted by atomic mass is 9.78. The van der Waals surface area contributed by atoms with Gasteiger partial charge in [0.15, 0.2) is 0 Å². The minimum atomic E-state index is -2.81. The minimum absolute atomic E-state index is 0.147. The minimum Gasteiger partial charge on any atom is -0.508 e. The van der Waals surface area contributed by atoms with E-state index >= 15 is 0 Å². The fourth-order valence-corrected chi connectivity index (χ4v) is 3.45. The van der Waals surface area contributed by atoms with Crippen molar-refractivity contribution in [1.82, 2.24) is 0 Å². The van der Waals surface area contributed by atoms with E-state index in [4.69, 9.17) is 9.63 Å². The van der Waals surface area contributed by atoms with Crippen LogP contribution in [0.1, 0.15) is 25.0 Å². The van der Waals surface area contributed by atoms with E-state index in [-0.39, 0.29) is 23.9 Å². The third kappa shape index (κ3) is 4.37. The first kappa shape index (κ1) is 17.6. The highest BCUT2D eigenvalue weighted by Gasteiger charge is 2.23. The Morgan fingerprint density at radius 3 is 1.96 bits per heavy atom. The second kappa shape index (κ2) is 6.77. The highest BCUT2D eigenvalue weighted by molar-refractivity contribution is 7.58. The summed E-state index contributed by atoms with van der Waals surface area (Å²) in [6.07, 6.45) is 0.147. The van der Waals surface area contributed by atoms with Gasteiger partial charge >= 0.3 is 0 Å². The normalized spacial score (nSPS) is 14.3. The number of rotatable bonds is 6. The van der Waals surface area contributed by atoms with Crippen LogP contribution in [0.2, 0.25) is 0 Å². The van der Waals surface area contributed by atoms with Gasteiger partial charge < -0.3 is 14.7 Å². The average Bonchev–Trinajstić information content (AvgIpc) is 2.47. The fraction of sp³-hybridized carbons (Fsp3) is 0.333. The van der Waals surface area contributed by atoms with Crippen molar-refractivity contribution in [3.63, 3.8) is 0 Å². The molecule has 0 aliphatic carbocycles. The molecule has 2 aromatic carbocycles. The van der Waals surface area contributed by atoms with Gasteiger partial charge in [0.05, 0.1) is 12.8 Å². The van der Waals surface area contributed by atoms with Gasteiger partial charge in [-0.25, -0.2) is 0 Å². The molecule has 1 atom stereocenters. The van der Waals surface area contributed by atoms with Crippen molar-refractivity contribution in [1.29, 1.82) is 0 Å². The van der Waals surface area contributed by atoms with Crippen molar-refractivity contribution in [2.45, 2.75) is 19.3 Å². The lowest BCUT2D eigenvalue weighted by molar-refractivity contribution is 0.315. The van der Waals surface area contributed by atoms with Crippen molar-refractivity contribution >= 4 is 7.37 Å². The molecule has 2 aromatic rings. The van der Waals surface area contributed by atoms with Crippen LogP contribution in [0.4, 0.5) is 0 Å². The number of phenolic OH excluding ortho intramolecular Hbond substituents is 1. The molecule has 23 heavy (non-hydrogen) atoms. The third-order valence-electron chi connectivity index (χ3n) is 3.97. The molecular formula is C18H23O4P. The number of aliphatic hydroxyl groups is 1. The molecule has 0 amide bonds. The number of hydrogen-bond donors (Lipinski definition) is 2. The molecule has 5 heteroatoms. The van der Waals surface area contributed by atoms with Crippen LogP contribution in [0.5, 0.6) is 11.5 Å². The van der Waals surface area contributed by atoms with Crippen LogP contribution < -0.4 is 4.52 Å². The topological polar surface area (TPSA) is 66.8 Å². The summed E-state index contributed by atoms with van der Waals surface area (Å²) in [6.45, 7) is 5.58. The van der Waals surface area contributed by atoms with Crippen LogP contribution in [-0.4, -0.2) is 29.6 Å². The lowest BCUT2D eigenvalue weighted by Crippen LogP contribution is -2.18. The van der Waals surface area contributed by atoms with Gasteiger partial charge in [-0.15, -0.1) is 0 Å². The molecule has 0 aromatic heterocycles. The summed E-state index contributed by atoms with van der Waals surface area (Å²) in [7, 11) is -2.81. The van der Waals surface area contributed by atoms with Gasteiger partial charge in [-0.2, -0.15) is 0 Å². The molecule has 124 valence electrons. The van der Waals surface area contributed by atoms with Gasteiger partial charge in [-0.05, 0) is 35.4 Å². The number of aliphatic hydroxyl groups excluding tert-OH is 1. The zero-order valence-corrected chi connectivity index (χ0v) is 14.6. The lowest BCUT2D eigenvalue weighted by Gasteiger charge is -2.26. The van der Waals surface area contributed by atoms with Crippen LogP contribution in [0, 0.1) is 0 Å². The summed E-state index contributed by atoms with van der Waals surface area (Å²) in [4.78, 5) is 0. The van der Waals surface area contributed by atoms with E-state index in [1.165, 1.54) is 6.66 Å². The second-order valence-corrected chi connectivity index (χ2v) is 8.91. The Morgan fingerprint density at radius 1 is 1.00 bits per heavy atom. The maximum absolute atomic E-state index is 12.1. The second-order valence-electron chi connectivity index (χ2n) is 6.25. The largest absolute Gasteiger partial charge is 0.508 e. The highest BCUT2D eigenvalue weighted by Crippen LogP contribution is 2.43. The van der Waals surface area contributed by atoms with Crippen LogP contribution in [0.25, 0.3) is 0 Å². The number of aromatic hydroxyl groups is 1. The first-order valence-electron chi connectivity index (χ1n) is 7.52. The van der Waals surface area contributed by atoms with Crippen molar-refractivity contribution < 1.29 is 19.3 Å². The molecule has 4 nitrogen and oxygen atoms in total. The molecule has 0 saturated carbocycles. The molecular weight excluding hydrogens is 311 g/mol. The Bertz CT molecular complexity index is 690. The molecule has 0 spiro atoms. The molecule has 0 aliphatic rings. The summed E-state index contributed by atoms with van der Waals surface area (Å²) in [6, 6.07) is 14.6.